The lowest BCUT2D eigenvalue weighted by atomic mass is 10.1. The third-order valence-electron chi connectivity index (χ3n) is 2.36. The van der Waals surface area contributed by atoms with Crippen molar-refractivity contribution in [3.63, 3.8) is 0 Å². The molecule has 6 heteroatoms. The Balaban J connectivity index is 2.93. The van der Waals surface area contributed by atoms with Gasteiger partial charge in [0.25, 0.3) is 0 Å². The molecule has 1 aromatic rings. The Morgan fingerprint density at radius 1 is 1.11 bits per heavy atom. The minimum atomic E-state index is -0.304. The van der Waals surface area contributed by atoms with Crippen molar-refractivity contribution in [2.24, 2.45) is 0 Å². The summed E-state index contributed by atoms with van der Waals surface area (Å²) < 4.78 is 0. The number of halogens is 2. The average Bonchev–Trinajstić information content (AvgIpc) is 2.43. The van der Waals surface area contributed by atoms with Gasteiger partial charge in [-0.15, -0.1) is 23.2 Å². The van der Waals surface area contributed by atoms with Crippen molar-refractivity contribution < 1.29 is 14.7 Å². The highest BCUT2D eigenvalue weighted by Crippen LogP contribution is 2.16. The summed E-state index contributed by atoms with van der Waals surface area (Å²) in [6, 6.07) is 6.43. The van der Waals surface area contributed by atoms with E-state index in [2.05, 4.69) is 0 Å². The van der Waals surface area contributed by atoms with Crippen LogP contribution in [-0.2, 0) is 4.79 Å². The number of rotatable bonds is 6. The molecule has 4 nitrogen and oxygen atoms in total. The predicted octanol–water partition coefficient (Wildman–Crippen LogP) is 1.67. The van der Waals surface area contributed by atoms with Gasteiger partial charge in [-0.1, -0.05) is 0 Å². The molecule has 0 spiro atoms. The fourth-order valence-corrected chi connectivity index (χ4v) is 1.77. The first-order valence-electron chi connectivity index (χ1n) is 5.30. The van der Waals surface area contributed by atoms with Gasteiger partial charge in [0.15, 0.2) is 5.78 Å². The van der Waals surface area contributed by atoms with Crippen molar-refractivity contribution in [2.75, 3.05) is 29.8 Å². The summed E-state index contributed by atoms with van der Waals surface area (Å²) in [5.41, 5.74) is 1.07. The Bertz CT molecular complexity index is 420. The lowest BCUT2D eigenvalue weighted by Crippen LogP contribution is -2.34. The number of hydrogen-bond acceptors (Lipinski definition) is 3. The first-order valence-corrected chi connectivity index (χ1v) is 6.37. The summed E-state index contributed by atoms with van der Waals surface area (Å²) in [7, 11) is 0. The lowest BCUT2D eigenvalue weighted by molar-refractivity contribution is -0.116. The summed E-state index contributed by atoms with van der Waals surface area (Å²) in [6.07, 6.45) is 0. The minimum absolute atomic E-state index is 0.0830. The molecule has 0 fully saturated rings. The van der Waals surface area contributed by atoms with Crippen molar-refractivity contribution in [1.82, 2.24) is 0 Å². The zero-order chi connectivity index (χ0) is 13.5. The number of carbonyl (C=O) groups is 2. The number of benzene rings is 1. The molecule has 0 saturated carbocycles. The molecule has 98 valence electrons. The molecule has 0 aromatic heterocycles. The second-order valence-electron chi connectivity index (χ2n) is 3.51. The highest BCUT2D eigenvalue weighted by atomic mass is 35.5. The Labute approximate surface area is 115 Å². The van der Waals surface area contributed by atoms with Gasteiger partial charge in [-0.3, -0.25) is 9.59 Å². The number of amides is 1. The SMILES string of the molecule is O=C(CCl)c1ccc(N(CCO)C(=O)CCl)cc1. The zero-order valence-corrected chi connectivity index (χ0v) is 11.1. The van der Waals surface area contributed by atoms with Gasteiger partial charge in [0.1, 0.15) is 5.88 Å². The maximum Gasteiger partial charge on any atom is 0.241 e. The molecule has 1 aromatic carbocycles. The first-order chi connectivity index (χ1) is 8.63. The van der Waals surface area contributed by atoms with Crippen molar-refractivity contribution in [1.29, 1.82) is 0 Å². The van der Waals surface area contributed by atoms with Gasteiger partial charge in [-0.05, 0) is 24.3 Å². The van der Waals surface area contributed by atoms with E-state index < -0.39 is 0 Å². The number of anilines is 1. The van der Waals surface area contributed by atoms with Gasteiger partial charge in [0.05, 0.1) is 12.5 Å². The van der Waals surface area contributed by atoms with Crippen LogP contribution in [0.25, 0.3) is 0 Å². The number of carbonyl (C=O) groups excluding carboxylic acids is 2. The quantitative estimate of drug-likeness (QED) is 0.640. The van der Waals surface area contributed by atoms with Crippen LogP contribution < -0.4 is 4.90 Å². The Morgan fingerprint density at radius 3 is 2.17 bits per heavy atom. The molecule has 0 saturated heterocycles. The van der Waals surface area contributed by atoms with Crippen molar-refractivity contribution in [2.45, 2.75) is 0 Å². The molecule has 18 heavy (non-hydrogen) atoms. The monoisotopic (exact) mass is 289 g/mol. The summed E-state index contributed by atoms with van der Waals surface area (Å²) in [5.74, 6) is -0.731. The third kappa shape index (κ3) is 3.70. The number of ketones is 1. The third-order valence-corrected chi connectivity index (χ3v) is 2.83. The number of alkyl halides is 2. The number of Topliss-reactive ketones (excluding diaryl/α,β-unsaturated/α-hetero) is 1. The van der Waals surface area contributed by atoms with Crippen LogP contribution in [0.2, 0.25) is 0 Å². The standard InChI is InChI=1S/C12H13Cl2NO3/c13-7-11(17)9-1-3-10(4-2-9)15(5-6-16)12(18)8-14/h1-4,16H,5-8H2. The summed E-state index contributed by atoms with van der Waals surface area (Å²) >= 11 is 10.9. The molecule has 0 bridgehead atoms. The minimum Gasteiger partial charge on any atom is -0.395 e. The highest BCUT2D eigenvalue weighted by molar-refractivity contribution is 6.30. The van der Waals surface area contributed by atoms with E-state index in [1.54, 1.807) is 24.3 Å². The fraction of sp³-hybridized carbons (Fsp3) is 0.333. The molecule has 1 amide bonds. The van der Waals surface area contributed by atoms with Gasteiger partial charge < -0.3 is 10.0 Å². The van der Waals surface area contributed by atoms with Crippen molar-refractivity contribution >= 4 is 40.6 Å². The van der Waals surface area contributed by atoms with E-state index >= 15 is 0 Å². The maximum atomic E-state index is 11.6. The molecule has 0 heterocycles. The van der Waals surface area contributed by atoms with Gasteiger partial charge in [-0.25, -0.2) is 0 Å². The molecule has 0 atom stereocenters. The Hall–Kier alpha value is -1.10. The molecular formula is C12H13Cl2NO3. The van der Waals surface area contributed by atoms with Crippen LogP contribution >= 0.6 is 23.2 Å². The lowest BCUT2D eigenvalue weighted by Gasteiger charge is -2.21. The molecular weight excluding hydrogens is 277 g/mol. The molecule has 0 radical (unpaired) electrons. The van der Waals surface area contributed by atoms with Crippen LogP contribution in [0, 0.1) is 0 Å². The molecule has 0 unspecified atom stereocenters. The van der Waals surface area contributed by atoms with Crippen LogP contribution in [0.15, 0.2) is 24.3 Å². The molecule has 1 rings (SSSR count). The van der Waals surface area contributed by atoms with E-state index in [0.717, 1.165) is 0 Å². The molecule has 0 aliphatic heterocycles. The van der Waals surface area contributed by atoms with E-state index in [4.69, 9.17) is 28.3 Å². The van der Waals surface area contributed by atoms with Gasteiger partial charge in [-0.2, -0.15) is 0 Å². The van der Waals surface area contributed by atoms with Gasteiger partial charge in [0, 0.05) is 17.8 Å². The maximum absolute atomic E-state index is 11.6. The van der Waals surface area contributed by atoms with E-state index in [0.29, 0.717) is 11.3 Å². The molecule has 0 aliphatic rings. The first kappa shape index (κ1) is 15.0. The summed E-state index contributed by atoms with van der Waals surface area (Å²) in [5, 5.41) is 8.91. The largest absolute Gasteiger partial charge is 0.395 e. The Morgan fingerprint density at radius 2 is 1.72 bits per heavy atom. The molecule has 0 aliphatic carbocycles. The topological polar surface area (TPSA) is 57.6 Å². The van der Waals surface area contributed by atoms with Gasteiger partial charge >= 0.3 is 0 Å². The average molecular weight is 290 g/mol. The van der Waals surface area contributed by atoms with E-state index in [1.807, 2.05) is 0 Å². The normalized spacial score (nSPS) is 10.2. The van der Waals surface area contributed by atoms with Crippen LogP contribution in [0.1, 0.15) is 10.4 Å². The zero-order valence-electron chi connectivity index (χ0n) is 9.60. The second-order valence-corrected chi connectivity index (χ2v) is 4.04. The van der Waals surface area contributed by atoms with E-state index in [1.165, 1.54) is 4.90 Å². The number of hydrogen-bond donors (Lipinski definition) is 1. The number of aliphatic hydroxyl groups excluding tert-OH is 1. The van der Waals surface area contributed by atoms with Crippen LogP contribution in [-0.4, -0.2) is 41.7 Å². The number of nitrogens with zero attached hydrogens (tertiary/aromatic N) is 1. The molecule has 1 N–H and O–H groups in total. The second kappa shape index (κ2) is 7.36. The van der Waals surface area contributed by atoms with Crippen LogP contribution in [0.3, 0.4) is 0 Å². The van der Waals surface area contributed by atoms with E-state index in [9.17, 15) is 9.59 Å². The van der Waals surface area contributed by atoms with Crippen LogP contribution in [0.5, 0.6) is 0 Å². The van der Waals surface area contributed by atoms with E-state index in [-0.39, 0.29) is 36.6 Å². The van der Waals surface area contributed by atoms with Crippen LogP contribution in [0.4, 0.5) is 5.69 Å². The highest BCUT2D eigenvalue weighted by Gasteiger charge is 2.14. The van der Waals surface area contributed by atoms with Crippen molar-refractivity contribution in [3.05, 3.63) is 29.8 Å². The summed E-state index contributed by atoms with van der Waals surface area (Å²) in [4.78, 5) is 24.3. The van der Waals surface area contributed by atoms with Crippen molar-refractivity contribution in [3.8, 4) is 0 Å². The summed E-state index contributed by atoms with van der Waals surface area (Å²) in [6.45, 7) is -0.000651. The van der Waals surface area contributed by atoms with Gasteiger partial charge in [0.2, 0.25) is 5.91 Å². The number of aliphatic hydroxyl groups is 1. The smallest absolute Gasteiger partial charge is 0.241 e. The Kier molecular flexibility index (Phi) is 6.12. The predicted molar refractivity (Wildman–Crippen MR) is 71.7 cm³/mol. The fourth-order valence-electron chi connectivity index (χ4n) is 1.47.